The predicted molar refractivity (Wildman–Crippen MR) is 102 cm³/mol. The summed E-state index contributed by atoms with van der Waals surface area (Å²) >= 11 is 0. The van der Waals surface area contributed by atoms with Crippen molar-refractivity contribution in [3.05, 3.63) is 35.9 Å². The van der Waals surface area contributed by atoms with Crippen molar-refractivity contribution in [1.82, 2.24) is 10.2 Å². The van der Waals surface area contributed by atoms with Crippen LogP contribution in [0.15, 0.2) is 30.3 Å². The van der Waals surface area contributed by atoms with Gasteiger partial charge in [-0.15, -0.1) is 0 Å². The van der Waals surface area contributed by atoms with Gasteiger partial charge in [-0.1, -0.05) is 43.2 Å². The summed E-state index contributed by atoms with van der Waals surface area (Å²) in [6, 6.07) is 11.4. The van der Waals surface area contributed by atoms with E-state index in [1.165, 1.54) is 18.4 Å². The van der Waals surface area contributed by atoms with Crippen LogP contribution < -0.4 is 5.32 Å². The first kappa shape index (κ1) is 17.7. The van der Waals surface area contributed by atoms with Crippen LogP contribution >= 0.6 is 0 Å². The van der Waals surface area contributed by atoms with E-state index in [0.717, 1.165) is 51.4 Å². The van der Waals surface area contributed by atoms with Gasteiger partial charge in [0.2, 0.25) is 5.91 Å². The number of nitrogens with zero attached hydrogens (tertiary/aromatic N) is 1. The topological polar surface area (TPSA) is 49.4 Å². The average Bonchev–Trinajstić information content (AvgIpc) is 3.25. The lowest BCUT2D eigenvalue weighted by Gasteiger charge is -2.38. The quantitative estimate of drug-likeness (QED) is 0.799. The van der Waals surface area contributed by atoms with Gasteiger partial charge in [0.15, 0.2) is 0 Å². The lowest BCUT2D eigenvalue weighted by atomic mass is 9.78. The highest BCUT2D eigenvalue weighted by molar-refractivity contribution is 5.88. The van der Waals surface area contributed by atoms with Crippen LogP contribution in [-0.2, 0) is 15.0 Å². The van der Waals surface area contributed by atoms with Gasteiger partial charge in [0, 0.05) is 18.6 Å². The second kappa shape index (κ2) is 7.51. The minimum absolute atomic E-state index is 0.226. The number of carbonyl (C=O) groups excluding carboxylic acids is 2. The molecule has 1 N–H and O–H groups in total. The zero-order chi connectivity index (χ0) is 18.0. The zero-order valence-electron chi connectivity index (χ0n) is 15.5. The Kier molecular flexibility index (Phi) is 5.12. The van der Waals surface area contributed by atoms with Crippen LogP contribution in [0.3, 0.4) is 0 Å². The van der Waals surface area contributed by atoms with Gasteiger partial charge in [-0.05, 0) is 50.0 Å². The Morgan fingerprint density at radius 1 is 1.12 bits per heavy atom. The van der Waals surface area contributed by atoms with E-state index in [4.69, 9.17) is 0 Å². The summed E-state index contributed by atoms with van der Waals surface area (Å²) in [6.45, 7) is 1.36. The second-order valence-corrected chi connectivity index (χ2v) is 8.45. The van der Waals surface area contributed by atoms with E-state index in [1.807, 2.05) is 18.2 Å². The normalized spacial score (nSPS) is 30.2. The lowest BCUT2D eigenvalue weighted by molar-refractivity contribution is -0.127. The molecular weight excluding hydrogens is 324 g/mol. The summed E-state index contributed by atoms with van der Waals surface area (Å²) in [5.41, 5.74) is 0.856. The van der Waals surface area contributed by atoms with Crippen molar-refractivity contribution in [3.8, 4) is 0 Å². The number of aldehydes is 1. The highest BCUT2D eigenvalue weighted by atomic mass is 16.2. The van der Waals surface area contributed by atoms with E-state index in [9.17, 15) is 9.59 Å². The fourth-order valence-corrected chi connectivity index (χ4v) is 5.73. The van der Waals surface area contributed by atoms with E-state index in [1.54, 1.807) is 0 Å². The van der Waals surface area contributed by atoms with Crippen LogP contribution in [0.25, 0.3) is 0 Å². The van der Waals surface area contributed by atoms with Gasteiger partial charge in [-0.25, -0.2) is 0 Å². The summed E-state index contributed by atoms with van der Waals surface area (Å²) in [7, 11) is 0. The Labute approximate surface area is 156 Å². The van der Waals surface area contributed by atoms with Gasteiger partial charge >= 0.3 is 0 Å². The molecule has 4 heteroatoms. The molecule has 140 valence electrons. The molecule has 4 rings (SSSR count). The molecule has 1 amide bonds. The van der Waals surface area contributed by atoms with Gasteiger partial charge in [0.05, 0.1) is 12.0 Å². The molecule has 0 radical (unpaired) electrons. The van der Waals surface area contributed by atoms with E-state index in [2.05, 4.69) is 22.3 Å². The Morgan fingerprint density at radius 3 is 2.38 bits per heavy atom. The van der Waals surface area contributed by atoms with Crippen molar-refractivity contribution < 1.29 is 9.59 Å². The van der Waals surface area contributed by atoms with Crippen LogP contribution in [0.4, 0.5) is 0 Å². The summed E-state index contributed by atoms with van der Waals surface area (Å²) in [5, 5.41) is 3.32. The van der Waals surface area contributed by atoms with Crippen molar-refractivity contribution >= 4 is 12.2 Å². The summed E-state index contributed by atoms with van der Waals surface area (Å²) in [5.74, 6) is 0.775. The first-order chi connectivity index (χ1) is 12.7. The number of nitrogens with one attached hydrogen (secondary N) is 1. The molecule has 0 aromatic heterocycles. The number of amides is 1. The number of rotatable bonds is 6. The molecule has 2 heterocycles. The zero-order valence-corrected chi connectivity index (χ0v) is 15.5. The van der Waals surface area contributed by atoms with E-state index in [0.29, 0.717) is 24.5 Å². The van der Waals surface area contributed by atoms with E-state index in [-0.39, 0.29) is 11.3 Å². The molecule has 4 nitrogen and oxygen atoms in total. The van der Waals surface area contributed by atoms with Gasteiger partial charge in [-0.2, -0.15) is 0 Å². The first-order valence-electron chi connectivity index (χ1n) is 10.3. The van der Waals surface area contributed by atoms with Crippen molar-refractivity contribution in [3.63, 3.8) is 0 Å². The largest absolute Gasteiger partial charge is 0.355 e. The molecule has 2 aliphatic heterocycles. The number of benzene rings is 1. The van der Waals surface area contributed by atoms with Crippen molar-refractivity contribution in [2.45, 2.75) is 68.9 Å². The molecule has 1 aliphatic carbocycles. The molecule has 26 heavy (non-hydrogen) atoms. The fraction of sp³-hybridized carbons (Fsp3) is 0.636. The second-order valence-electron chi connectivity index (χ2n) is 8.45. The van der Waals surface area contributed by atoms with E-state index < -0.39 is 0 Å². The molecule has 1 saturated carbocycles. The highest BCUT2D eigenvalue weighted by Gasteiger charge is 2.44. The van der Waals surface area contributed by atoms with Gasteiger partial charge in [-0.3, -0.25) is 9.69 Å². The monoisotopic (exact) mass is 354 g/mol. The standard InChI is InChI=1S/C22H30N2O2/c25-13-12-24-19-8-9-20(24)15-17(14-19)16-23-21(26)22(10-4-5-11-22)18-6-2-1-3-7-18/h1-3,6-7,13,17,19-20H,4-5,8-12,14-16H2,(H,23,26). The summed E-state index contributed by atoms with van der Waals surface area (Å²) < 4.78 is 0. The predicted octanol–water partition coefficient (Wildman–Crippen LogP) is 3.06. The molecule has 3 fully saturated rings. The number of piperidine rings is 1. The van der Waals surface area contributed by atoms with Crippen molar-refractivity contribution in [2.75, 3.05) is 13.1 Å². The van der Waals surface area contributed by atoms with Crippen LogP contribution in [0.5, 0.6) is 0 Å². The van der Waals surface area contributed by atoms with Crippen LogP contribution in [-0.4, -0.2) is 42.3 Å². The van der Waals surface area contributed by atoms with Crippen LogP contribution in [0, 0.1) is 5.92 Å². The van der Waals surface area contributed by atoms with Crippen LogP contribution in [0.2, 0.25) is 0 Å². The maximum absolute atomic E-state index is 13.2. The maximum atomic E-state index is 13.2. The molecule has 2 bridgehead atoms. The van der Waals surface area contributed by atoms with Crippen LogP contribution in [0.1, 0.15) is 56.9 Å². The highest BCUT2D eigenvalue weighted by Crippen LogP contribution is 2.42. The molecule has 1 aromatic rings. The Balaban J connectivity index is 1.39. The minimum Gasteiger partial charge on any atom is -0.355 e. The number of hydrogen-bond acceptors (Lipinski definition) is 3. The molecule has 2 atom stereocenters. The lowest BCUT2D eigenvalue weighted by Crippen LogP contribution is -2.48. The minimum atomic E-state index is -0.321. The Morgan fingerprint density at radius 2 is 1.77 bits per heavy atom. The number of hydrogen-bond donors (Lipinski definition) is 1. The molecule has 1 aromatic carbocycles. The number of carbonyl (C=O) groups is 2. The molecule has 0 spiro atoms. The third-order valence-electron chi connectivity index (χ3n) is 7.04. The molecule has 2 unspecified atom stereocenters. The molecule has 2 saturated heterocycles. The summed E-state index contributed by atoms with van der Waals surface area (Å²) in [6.07, 6.45) is 9.88. The fourth-order valence-electron chi connectivity index (χ4n) is 5.73. The van der Waals surface area contributed by atoms with Crippen molar-refractivity contribution in [2.24, 2.45) is 5.92 Å². The third-order valence-corrected chi connectivity index (χ3v) is 7.04. The van der Waals surface area contributed by atoms with Crippen molar-refractivity contribution in [1.29, 1.82) is 0 Å². The summed E-state index contributed by atoms with van der Waals surface area (Å²) in [4.78, 5) is 26.5. The third kappa shape index (κ3) is 3.20. The smallest absolute Gasteiger partial charge is 0.230 e. The van der Waals surface area contributed by atoms with Gasteiger partial charge in [0.1, 0.15) is 6.29 Å². The Bertz CT molecular complexity index is 625. The number of fused-ring (bicyclic) bond motifs is 2. The van der Waals surface area contributed by atoms with Gasteiger partial charge in [0.25, 0.3) is 0 Å². The first-order valence-corrected chi connectivity index (χ1v) is 10.3. The average molecular weight is 354 g/mol. The van der Waals surface area contributed by atoms with E-state index >= 15 is 0 Å². The SMILES string of the molecule is O=CCN1C2CCC1CC(CNC(=O)C1(c3ccccc3)CCCC1)C2. The molecular formula is C22H30N2O2. The maximum Gasteiger partial charge on any atom is 0.230 e. The van der Waals surface area contributed by atoms with Gasteiger partial charge < -0.3 is 10.1 Å². The Hall–Kier alpha value is -1.68. The molecule has 3 aliphatic rings.